The summed E-state index contributed by atoms with van der Waals surface area (Å²) < 4.78 is 24.5. The van der Waals surface area contributed by atoms with Crippen LogP contribution in [0.25, 0.3) is 0 Å². The lowest BCUT2D eigenvalue weighted by Gasteiger charge is -2.30. The first-order valence-electron chi connectivity index (χ1n) is 6.96. The number of amides is 1. The molecule has 0 unspecified atom stereocenters. The number of nitrogens with zero attached hydrogens (tertiary/aromatic N) is 1. The molecule has 110 valence electrons. The fourth-order valence-corrected chi connectivity index (χ4v) is 3.72. The minimum Gasteiger partial charge on any atom is -0.342 e. The van der Waals surface area contributed by atoms with E-state index in [1.165, 1.54) is 0 Å². The topological polar surface area (TPSA) is 54.5 Å². The summed E-state index contributed by atoms with van der Waals surface area (Å²) in [6.45, 7) is 5.33. The van der Waals surface area contributed by atoms with Gasteiger partial charge in [-0.1, -0.05) is 24.6 Å². The zero-order chi connectivity index (χ0) is 14.8. The second-order valence-corrected chi connectivity index (χ2v) is 7.65. The Hall–Kier alpha value is -1.36. The van der Waals surface area contributed by atoms with Crippen molar-refractivity contribution < 1.29 is 13.2 Å². The molecule has 2 rings (SSSR count). The number of piperidine rings is 1. The van der Waals surface area contributed by atoms with Crippen molar-refractivity contribution in [3.8, 4) is 0 Å². The maximum Gasteiger partial charge on any atom is 0.238 e. The molecular formula is C15H21NO3S. The Labute approximate surface area is 120 Å². The number of rotatable bonds is 3. The molecule has 4 nitrogen and oxygen atoms in total. The summed E-state index contributed by atoms with van der Waals surface area (Å²) in [6, 6.07) is 6.63. The Morgan fingerprint density at radius 2 is 1.95 bits per heavy atom. The highest BCUT2D eigenvalue weighted by Gasteiger charge is 2.26. The van der Waals surface area contributed by atoms with Gasteiger partial charge in [0.2, 0.25) is 5.91 Å². The molecule has 1 aliphatic heterocycles. The molecule has 0 spiro atoms. The number of likely N-dealkylation sites (tertiary alicyclic amines) is 1. The van der Waals surface area contributed by atoms with Gasteiger partial charge in [-0.05, 0) is 37.8 Å². The molecular weight excluding hydrogens is 274 g/mol. The van der Waals surface area contributed by atoms with Crippen LogP contribution in [0.15, 0.2) is 29.2 Å². The summed E-state index contributed by atoms with van der Waals surface area (Å²) >= 11 is 0. The van der Waals surface area contributed by atoms with Crippen LogP contribution >= 0.6 is 0 Å². The zero-order valence-corrected chi connectivity index (χ0v) is 12.8. The second-order valence-electron chi connectivity index (χ2n) is 5.66. The van der Waals surface area contributed by atoms with Gasteiger partial charge in [0.05, 0.1) is 4.90 Å². The maximum absolute atomic E-state index is 12.2. The normalized spacial score (nSPS) is 19.9. The van der Waals surface area contributed by atoms with Gasteiger partial charge in [0, 0.05) is 13.1 Å². The molecule has 1 fully saturated rings. The molecule has 1 saturated heterocycles. The lowest BCUT2D eigenvalue weighted by Crippen LogP contribution is -2.42. The van der Waals surface area contributed by atoms with Crippen LogP contribution in [0.3, 0.4) is 0 Å². The molecule has 0 bridgehead atoms. The lowest BCUT2D eigenvalue weighted by molar-refractivity contribution is -0.130. The average molecular weight is 295 g/mol. The van der Waals surface area contributed by atoms with Crippen LogP contribution in [-0.4, -0.2) is 38.1 Å². The Morgan fingerprint density at radius 1 is 1.30 bits per heavy atom. The van der Waals surface area contributed by atoms with E-state index in [4.69, 9.17) is 0 Å². The van der Waals surface area contributed by atoms with Crippen LogP contribution in [-0.2, 0) is 14.6 Å². The van der Waals surface area contributed by atoms with E-state index >= 15 is 0 Å². The highest BCUT2D eigenvalue weighted by Crippen LogP contribution is 2.18. The summed E-state index contributed by atoms with van der Waals surface area (Å²) in [5.74, 6) is -0.255. The number of carbonyl (C=O) groups excluding carboxylic acids is 1. The Kier molecular flexibility index (Phi) is 4.48. The highest BCUT2D eigenvalue weighted by molar-refractivity contribution is 7.92. The molecule has 0 N–H and O–H groups in total. The number of aryl methyl sites for hydroxylation is 1. The molecule has 1 heterocycles. The minimum absolute atomic E-state index is 0.224. The van der Waals surface area contributed by atoms with Crippen molar-refractivity contribution in [2.75, 3.05) is 18.8 Å². The quantitative estimate of drug-likeness (QED) is 0.857. The van der Waals surface area contributed by atoms with Crippen molar-refractivity contribution in [2.24, 2.45) is 5.92 Å². The first-order valence-corrected chi connectivity index (χ1v) is 8.61. The van der Waals surface area contributed by atoms with Gasteiger partial charge in [0.25, 0.3) is 0 Å². The van der Waals surface area contributed by atoms with Gasteiger partial charge in [0.1, 0.15) is 5.75 Å². The van der Waals surface area contributed by atoms with E-state index in [2.05, 4.69) is 6.92 Å². The van der Waals surface area contributed by atoms with E-state index in [1.807, 2.05) is 6.92 Å². The third kappa shape index (κ3) is 3.60. The maximum atomic E-state index is 12.2. The Morgan fingerprint density at radius 3 is 2.55 bits per heavy atom. The van der Waals surface area contributed by atoms with Gasteiger partial charge in [0.15, 0.2) is 9.84 Å². The molecule has 1 aliphatic rings. The number of benzene rings is 1. The van der Waals surface area contributed by atoms with Crippen molar-refractivity contribution in [2.45, 2.75) is 31.6 Å². The third-order valence-corrected chi connectivity index (χ3v) is 5.32. The van der Waals surface area contributed by atoms with Crippen LogP contribution < -0.4 is 0 Å². The van der Waals surface area contributed by atoms with Gasteiger partial charge < -0.3 is 4.90 Å². The Balaban J connectivity index is 2.08. The van der Waals surface area contributed by atoms with Crippen LogP contribution in [0.4, 0.5) is 0 Å². The van der Waals surface area contributed by atoms with Gasteiger partial charge in [-0.25, -0.2) is 8.42 Å². The van der Waals surface area contributed by atoms with Crippen LogP contribution in [0.1, 0.15) is 25.3 Å². The number of carbonyl (C=O) groups is 1. The minimum atomic E-state index is -3.53. The molecule has 1 atom stereocenters. The van der Waals surface area contributed by atoms with E-state index in [-0.39, 0.29) is 10.8 Å². The van der Waals surface area contributed by atoms with E-state index in [1.54, 1.807) is 29.2 Å². The third-order valence-electron chi connectivity index (χ3n) is 3.70. The van der Waals surface area contributed by atoms with Crippen LogP contribution in [0.5, 0.6) is 0 Å². The number of sulfone groups is 1. The molecule has 1 aromatic carbocycles. The van der Waals surface area contributed by atoms with Crippen LogP contribution in [0.2, 0.25) is 0 Å². The Bertz CT molecular complexity index is 578. The predicted octanol–water partition coefficient (Wildman–Crippen LogP) is 2.03. The van der Waals surface area contributed by atoms with Crippen molar-refractivity contribution in [1.82, 2.24) is 4.90 Å². The fourth-order valence-electron chi connectivity index (χ4n) is 2.50. The van der Waals surface area contributed by atoms with E-state index in [9.17, 15) is 13.2 Å². The molecule has 5 heteroatoms. The van der Waals surface area contributed by atoms with Crippen molar-refractivity contribution in [3.05, 3.63) is 29.8 Å². The highest BCUT2D eigenvalue weighted by atomic mass is 32.2. The first-order chi connectivity index (χ1) is 9.38. The zero-order valence-electron chi connectivity index (χ0n) is 12.0. The van der Waals surface area contributed by atoms with Crippen molar-refractivity contribution in [1.29, 1.82) is 0 Å². The average Bonchev–Trinajstić information content (AvgIpc) is 2.38. The van der Waals surface area contributed by atoms with Crippen molar-refractivity contribution >= 4 is 15.7 Å². The summed E-state index contributed by atoms with van der Waals surface area (Å²) in [6.07, 6.45) is 2.06. The molecule has 0 radical (unpaired) electrons. The number of hydrogen-bond acceptors (Lipinski definition) is 3. The molecule has 0 aromatic heterocycles. The second kappa shape index (κ2) is 5.95. The van der Waals surface area contributed by atoms with Gasteiger partial charge in [-0.15, -0.1) is 0 Å². The molecule has 0 aliphatic carbocycles. The molecule has 0 saturated carbocycles. The summed E-state index contributed by atoms with van der Waals surface area (Å²) in [5, 5.41) is 0. The van der Waals surface area contributed by atoms with Gasteiger partial charge in [-0.3, -0.25) is 4.79 Å². The fraction of sp³-hybridized carbons (Fsp3) is 0.533. The first kappa shape index (κ1) is 15.0. The van der Waals surface area contributed by atoms with E-state index in [0.717, 1.165) is 18.4 Å². The smallest absolute Gasteiger partial charge is 0.238 e. The standard InChI is InChI=1S/C15H21NO3S/c1-12-5-7-14(8-6-12)20(18,19)11-15(17)16-9-3-4-13(2)10-16/h5-8,13H,3-4,9-11H2,1-2H3/t13-/m0/s1. The van der Waals surface area contributed by atoms with Gasteiger partial charge in [-0.2, -0.15) is 0 Å². The van der Waals surface area contributed by atoms with E-state index in [0.29, 0.717) is 19.0 Å². The predicted molar refractivity (Wildman–Crippen MR) is 78.2 cm³/mol. The summed E-state index contributed by atoms with van der Waals surface area (Å²) in [5.41, 5.74) is 1.00. The molecule has 20 heavy (non-hydrogen) atoms. The monoisotopic (exact) mass is 295 g/mol. The summed E-state index contributed by atoms with van der Waals surface area (Å²) in [7, 11) is -3.53. The summed E-state index contributed by atoms with van der Waals surface area (Å²) in [4.78, 5) is 14.1. The van der Waals surface area contributed by atoms with E-state index < -0.39 is 15.6 Å². The number of hydrogen-bond donors (Lipinski definition) is 0. The SMILES string of the molecule is Cc1ccc(S(=O)(=O)CC(=O)N2CCC[C@H](C)C2)cc1. The molecule has 1 amide bonds. The van der Waals surface area contributed by atoms with Crippen molar-refractivity contribution in [3.63, 3.8) is 0 Å². The largest absolute Gasteiger partial charge is 0.342 e. The van der Waals surface area contributed by atoms with Gasteiger partial charge >= 0.3 is 0 Å². The van der Waals surface area contributed by atoms with Crippen LogP contribution in [0, 0.1) is 12.8 Å². The lowest BCUT2D eigenvalue weighted by atomic mass is 10.0. The molecule has 1 aromatic rings.